The first-order valence-electron chi connectivity index (χ1n) is 5.41. The van der Waals surface area contributed by atoms with E-state index in [0.29, 0.717) is 0 Å². The molecule has 2 N–H and O–H groups in total. The highest BCUT2D eigenvalue weighted by Crippen LogP contribution is 2.23. The third-order valence-corrected chi connectivity index (χ3v) is 2.46. The fourth-order valence-corrected chi connectivity index (χ4v) is 1.61. The lowest BCUT2D eigenvalue weighted by atomic mass is 9.98. The van der Waals surface area contributed by atoms with Gasteiger partial charge in [0.25, 0.3) is 0 Å². The van der Waals surface area contributed by atoms with E-state index in [1.165, 1.54) is 6.07 Å². The molecule has 1 rings (SSSR count). The van der Waals surface area contributed by atoms with Gasteiger partial charge in [-0.1, -0.05) is 6.07 Å². The Balaban J connectivity index is 2.96. The van der Waals surface area contributed by atoms with Crippen molar-refractivity contribution in [1.29, 1.82) is 0 Å². The highest BCUT2D eigenvalue weighted by atomic mass is 19.1. The van der Waals surface area contributed by atoms with Gasteiger partial charge in [-0.15, -0.1) is 0 Å². The molecular formula is C12H13F2NO4. The molecular weight excluding hydrogens is 260 g/mol. The molecule has 0 heterocycles. The highest BCUT2D eigenvalue weighted by molar-refractivity contribution is 5.78. The Hall–Kier alpha value is -2.02. The number of methoxy groups -OCH3 is 1. The molecule has 104 valence electrons. The van der Waals surface area contributed by atoms with E-state index in [1.54, 1.807) is 0 Å². The van der Waals surface area contributed by atoms with Crippen LogP contribution in [0.15, 0.2) is 18.2 Å². The predicted octanol–water partition coefficient (Wildman–Crippen LogP) is 0.896. The molecule has 7 heteroatoms. The van der Waals surface area contributed by atoms with Crippen molar-refractivity contribution in [3.63, 3.8) is 0 Å². The van der Waals surface area contributed by atoms with E-state index in [0.717, 1.165) is 19.2 Å². The number of carboxylic acid groups (broad SMARTS) is 1. The van der Waals surface area contributed by atoms with Crippen LogP contribution >= 0.6 is 0 Å². The molecule has 0 saturated carbocycles. The van der Waals surface area contributed by atoms with E-state index in [9.17, 15) is 18.4 Å². The molecule has 0 spiro atoms. The summed E-state index contributed by atoms with van der Waals surface area (Å²) in [6.07, 6.45) is 0. The molecule has 0 saturated heterocycles. The molecule has 0 aromatic heterocycles. The second-order valence-corrected chi connectivity index (χ2v) is 3.74. The number of carboxylic acids is 1. The van der Waals surface area contributed by atoms with Gasteiger partial charge in [-0.25, -0.2) is 8.78 Å². The molecule has 1 atom stereocenters. The van der Waals surface area contributed by atoms with Gasteiger partial charge < -0.3 is 15.2 Å². The Morgan fingerprint density at radius 3 is 2.42 bits per heavy atom. The van der Waals surface area contributed by atoms with Crippen LogP contribution in [0.1, 0.15) is 11.5 Å². The topological polar surface area (TPSA) is 75.6 Å². The average molecular weight is 273 g/mol. The van der Waals surface area contributed by atoms with Crippen molar-refractivity contribution in [3.05, 3.63) is 35.4 Å². The highest BCUT2D eigenvalue weighted by Gasteiger charge is 2.27. The maximum atomic E-state index is 13.6. The Labute approximate surface area is 108 Å². The minimum absolute atomic E-state index is 0.239. The van der Waals surface area contributed by atoms with Crippen molar-refractivity contribution in [1.82, 2.24) is 5.32 Å². The Bertz CT molecular complexity index is 459. The van der Waals surface area contributed by atoms with Crippen LogP contribution in [0.25, 0.3) is 0 Å². The largest absolute Gasteiger partial charge is 0.480 e. The maximum absolute atomic E-state index is 13.6. The molecule has 0 aliphatic carbocycles. The number of aliphatic carboxylic acids is 1. The Morgan fingerprint density at radius 1 is 1.37 bits per heavy atom. The minimum atomic E-state index is -1.24. The number of hydrogen-bond acceptors (Lipinski definition) is 4. The lowest BCUT2D eigenvalue weighted by Crippen LogP contribution is -2.32. The van der Waals surface area contributed by atoms with Crippen LogP contribution in [0.3, 0.4) is 0 Å². The molecule has 0 fully saturated rings. The van der Waals surface area contributed by atoms with Crippen molar-refractivity contribution in [2.24, 2.45) is 0 Å². The van der Waals surface area contributed by atoms with Crippen molar-refractivity contribution < 1.29 is 28.2 Å². The van der Waals surface area contributed by atoms with Gasteiger partial charge in [0.05, 0.1) is 19.6 Å². The van der Waals surface area contributed by atoms with Gasteiger partial charge in [0.2, 0.25) is 0 Å². The molecule has 1 aromatic rings. The Kier molecular flexibility index (Phi) is 5.37. The molecule has 0 aliphatic rings. The first-order valence-corrected chi connectivity index (χ1v) is 5.41. The minimum Gasteiger partial charge on any atom is -0.480 e. The zero-order valence-corrected chi connectivity index (χ0v) is 10.2. The van der Waals surface area contributed by atoms with Gasteiger partial charge in [0.1, 0.15) is 11.6 Å². The van der Waals surface area contributed by atoms with Crippen LogP contribution in [0.2, 0.25) is 0 Å². The second kappa shape index (κ2) is 6.79. The van der Waals surface area contributed by atoms with Gasteiger partial charge in [-0.05, 0) is 12.1 Å². The van der Waals surface area contributed by atoms with Gasteiger partial charge in [-0.3, -0.25) is 9.59 Å². The summed E-state index contributed by atoms with van der Waals surface area (Å²) in [5.41, 5.74) is -0.438. The fourth-order valence-electron chi connectivity index (χ4n) is 1.61. The van der Waals surface area contributed by atoms with Crippen molar-refractivity contribution in [2.75, 3.05) is 20.2 Å². The van der Waals surface area contributed by atoms with Crippen LogP contribution in [-0.4, -0.2) is 37.2 Å². The number of nitrogens with one attached hydrogen (secondary N) is 1. The van der Waals surface area contributed by atoms with E-state index in [4.69, 9.17) is 5.11 Å². The quantitative estimate of drug-likeness (QED) is 0.753. The smallest absolute Gasteiger partial charge is 0.317 e. The molecule has 5 nitrogen and oxygen atoms in total. The standard InChI is InChI=1S/C12H13F2NO4/c1-19-12(18)7(5-15-6-10(16)17)11-8(13)3-2-4-9(11)14/h2-4,7,15H,5-6H2,1H3,(H,16,17). The number of hydrogen-bond donors (Lipinski definition) is 2. The van der Waals surface area contributed by atoms with E-state index < -0.39 is 41.6 Å². The summed E-state index contributed by atoms with van der Waals surface area (Å²) in [5.74, 6) is -5.00. The first-order chi connectivity index (χ1) is 8.97. The van der Waals surface area contributed by atoms with E-state index in [2.05, 4.69) is 10.1 Å². The number of esters is 1. The van der Waals surface area contributed by atoms with Crippen LogP contribution in [0.5, 0.6) is 0 Å². The van der Waals surface area contributed by atoms with Crippen LogP contribution in [0, 0.1) is 11.6 Å². The zero-order valence-electron chi connectivity index (χ0n) is 10.2. The van der Waals surface area contributed by atoms with Gasteiger partial charge in [-0.2, -0.15) is 0 Å². The molecule has 0 radical (unpaired) electrons. The molecule has 0 amide bonds. The number of ether oxygens (including phenoxy) is 1. The average Bonchev–Trinajstić information content (AvgIpc) is 2.35. The van der Waals surface area contributed by atoms with E-state index in [-0.39, 0.29) is 6.54 Å². The first kappa shape index (κ1) is 15.0. The summed E-state index contributed by atoms with van der Waals surface area (Å²) in [6.45, 7) is -0.666. The van der Waals surface area contributed by atoms with Crippen molar-refractivity contribution in [2.45, 2.75) is 5.92 Å². The number of carbonyl (C=O) groups excluding carboxylic acids is 1. The summed E-state index contributed by atoms with van der Waals surface area (Å²) in [4.78, 5) is 21.9. The lowest BCUT2D eigenvalue weighted by Gasteiger charge is -2.16. The molecule has 19 heavy (non-hydrogen) atoms. The third-order valence-electron chi connectivity index (χ3n) is 2.46. The maximum Gasteiger partial charge on any atom is 0.317 e. The molecule has 0 aliphatic heterocycles. The van der Waals surface area contributed by atoms with Gasteiger partial charge >= 0.3 is 11.9 Å². The zero-order chi connectivity index (χ0) is 14.4. The number of rotatable bonds is 6. The van der Waals surface area contributed by atoms with E-state index in [1.807, 2.05) is 0 Å². The van der Waals surface area contributed by atoms with Gasteiger partial charge in [0.15, 0.2) is 0 Å². The van der Waals surface area contributed by atoms with Crippen LogP contribution < -0.4 is 5.32 Å². The van der Waals surface area contributed by atoms with Gasteiger partial charge in [0, 0.05) is 12.1 Å². The number of halogens is 2. The monoisotopic (exact) mass is 273 g/mol. The Morgan fingerprint density at radius 2 is 1.95 bits per heavy atom. The summed E-state index contributed by atoms with van der Waals surface area (Å²) < 4.78 is 31.7. The molecule has 1 unspecified atom stereocenters. The second-order valence-electron chi connectivity index (χ2n) is 3.74. The van der Waals surface area contributed by atoms with Crippen molar-refractivity contribution in [3.8, 4) is 0 Å². The third kappa shape index (κ3) is 3.99. The summed E-state index contributed by atoms with van der Waals surface area (Å²) in [7, 11) is 1.09. The van der Waals surface area contributed by atoms with Crippen LogP contribution in [-0.2, 0) is 14.3 Å². The van der Waals surface area contributed by atoms with E-state index >= 15 is 0 Å². The molecule has 1 aromatic carbocycles. The summed E-state index contributed by atoms with van der Waals surface area (Å²) >= 11 is 0. The molecule has 0 bridgehead atoms. The number of benzene rings is 1. The van der Waals surface area contributed by atoms with Crippen molar-refractivity contribution >= 4 is 11.9 Å². The van der Waals surface area contributed by atoms with Crippen LogP contribution in [0.4, 0.5) is 8.78 Å². The SMILES string of the molecule is COC(=O)C(CNCC(=O)O)c1c(F)cccc1F. The fraction of sp³-hybridized carbons (Fsp3) is 0.333. The summed E-state index contributed by atoms with van der Waals surface area (Å²) in [6, 6.07) is 3.21. The number of carbonyl (C=O) groups is 2. The predicted molar refractivity (Wildman–Crippen MR) is 61.6 cm³/mol. The lowest BCUT2D eigenvalue weighted by molar-refractivity contribution is -0.143. The normalized spacial score (nSPS) is 11.9. The summed E-state index contributed by atoms with van der Waals surface area (Å²) in [5, 5.41) is 10.9.